The molecule has 126 valence electrons. The van der Waals surface area contributed by atoms with Crippen molar-refractivity contribution in [2.24, 2.45) is 0 Å². The fourth-order valence-electron chi connectivity index (χ4n) is 2.83. The fraction of sp³-hybridized carbons (Fsp3) is 0.312. The molecule has 1 aromatic heterocycles. The number of carbonyl (C=O) groups is 2. The summed E-state index contributed by atoms with van der Waals surface area (Å²) in [6.07, 6.45) is 2.00. The van der Waals surface area contributed by atoms with Crippen molar-refractivity contribution in [1.29, 1.82) is 0 Å². The maximum atomic E-state index is 12.0. The van der Waals surface area contributed by atoms with Crippen molar-refractivity contribution < 1.29 is 33.7 Å². The summed E-state index contributed by atoms with van der Waals surface area (Å²) in [5.74, 6) is -2.66. The molecule has 0 radical (unpaired) electrons. The molecule has 0 aliphatic heterocycles. The summed E-state index contributed by atoms with van der Waals surface area (Å²) >= 11 is 0. The summed E-state index contributed by atoms with van der Waals surface area (Å²) in [5.41, 5.74) is 0.966. The van der Waals surface area contributed by atoms with Crippen LogP contribution in [0.2, 0.25) is 0 Å². The Morgan fingerprint density at radius 1 is 1.04 bits per heavy atom. The first-order valence-electron chi connectivity index (χ1n) is 7.23. The number of benzene rings is 1. The highest BCUT2D eigenvalue weighted by atomic mass is 16.5. The van der Waals surface area contributed by atoms with Gasteiger partial charge in [-0.05, 0) is 24.8 Å². The van der Waals surface area contributed by atoms with Crippen LogP contribution in [0.5, 0.6) is 11.5 Å². The fourth-order valence-corrected chi connectivity index (χ4v) is 2.83. The van der Waals surface area contributed by atoms with E-state index in [0.29, 0.717) is 23.8 Å². The molecule has 1 aromatic carbocycles. The second kappa shape index (κ2) is 6.23. The van der Waals surface area contributed by atoms with Crippen LogP contribution in [0.15, 0.2) is 21.3 Å². The highest BCUT2D eigenvalue weighted by molar-refractivity contribution is 5.90. The molecular formula is C16H12O8-2. The predicted octanol–water partition coefficient (Wildman–Crippen LogP) is -1.46. The monoisotopic (exact) mass is 332 g/mol. The minimum atomic E-state index is -1.43. The third kappa shape index (κ3) is 3.03. The Balaban J connectivity index is 2.14. The lowest BCUT2D eigenvalue weighted by Gasteiger charge is -2.15. The van der Waals surface area contributed by atoms with Crippen molar-refractivity contribution in [1.82, 2.24) is 0 Å². The summed E-state index contributed by atoms with van der Waals surface area (Å²) in [4.78, 5) is 33.2. The number of rotatable bonds is 6. The molecule has 0 bridgehead atoms. The second-order valence-corrected chi connectivity index (χ2v) is 5.32. The number of aliphatic carboxylic acids is 2. The third-order valence-electron chi connectivity index (χ3n) is 3.71. The molecule has 3 rings (SSSR count). The van der Waals surface area contributed by atoms with Crippen molar-refractivity contribution in [3.63, 3.8) is 0 Å². The molecule has 24 heavy (non-hydrogen) atoms. The molecule has 8 nitrogen and oxygen atoms in total. The largest absolute Gasteiger partial charge is 0.546 e. The van der Waals surface area contributed by atoms with Crippen molar-refractivity contribution in [2.45, 2.75) is 19.3 Å². The molecule has 0 atom stereocenters. The molecule has 0 saturated heterocycles. The van der Waals surface area contributed by atoms with E-state index >= 15 is 0 Å². The summed E-state index contributed by atoms with van der Waals surface area (Å²) in [6, 6.07) is 2.72. The topological polar surface area (TPSA) is 129 Å². The molecule has 1 aliphatic carbocycles. The lowest BCUT2D eigenvalue weighted by atomic mass is 10.1. The normalized spacial score (nSPS) is 12.8. The molecule has 0 amide bonds. The van der Waals surface area contributed by atoms with E-state index in [0.717, 1.165) is 12.0 Å². The van der Waals surface area contributed by atoms with Crippen LogP contribution in [-0.2, 0) is 22.4 Å². The number of fused-ring (bicyclic) bond motifs is 3. The van der Waals surface area contributed by atoms with Crippen LogP contribution >= 0.6 is 0 Å². The van der Waals surface area contributed by atoms with Crippen LogP contribution in [0.4, 0.5) is 0 Å². The molecule has 2 aromatic rings. The summed E-state index contributed by atoms with van der Waals surface area (Å²) in [6.45, 7) is -1.41. The van der Waals surface area contributed by atoms with Crippen LogP contribution in [-0.4, -0.2) is 25.2 Å². The predicted molar refractivity (Wildman–Crippen MR) is 75.5 cm³/mol. The van der Waals surface area contributed by atoms with Gasteiger partial charge < -0.3 is 33.7 Å². The first kappa shape index (κ1) is 15.9. The molecule has 1 aliphatic rings. The maximum Gasteiger partial charge on any atom is 0.339 e. The van der Waals surface area contributed by atoms with Gasteiger partial charge in [0.25, 0.3) is 0 Å². The van der Waals surface area contributed by atoms with Crippen molar-refractivity contribution in [3.8, 4) is 11.5 Å². The van der Waals surface area contributed by atoms with Crippen molar-refractivity contribution in [3.05, 3.63) is 33.7 Å². The first-order valence-corrected chi connectivity index (χ1v) is 7.23. The number of hydrogen-bond donors (Lipinski definition) is 0. The number of carboxylic acid groups (broad SMARTS) is 2. The summed E-state index contributed by atoms with van der Waals surface area (Å²) in [5, 5.41) is 21.7. The zero-order valence-electron chi connectivity index (χ0n) is 12.5. The van der Waals surface area contributed by atoms with Crippen LogP contribution in [0.25, 0.3) is 11.0 Å². The molecule has 1 heterocycles. The highest BCUT2D eigenvalue weighted by Crippen LogP contribution is 2.37. The summed E-state index contributed by atoms with van der Waals surface area (Å²) < 4.78 is 15.5. The highest BCUT2D eigenvalue weighted by Gasteiger charge is 2.23. The Kier molecular flexibility index (Phi) is 4.11. The van der Waals surface area contributed by atoms with Crippen LogP contribution in [0.1, 0.15) is 17.5 Å². The zero-order chi connectivity index (χ0) is 17.3. The molecular weight excluding hydrogens is 320 g/mol. The van der Waals surface area contributed by atoms with Gasteiger partial charge in [-0.15, -0.1) is 0 Å². The Morgan fingerprint density at radius 2 is 1.71 bits per heavy atom. The Bertz CT molecular complexity index is 880. The smallest absolute Gasteiger partial charge is 0.339 e. The SMILES string of the molecule is O=C([O-])COc1cc(OCC(=O)[O-])c2c3c(c(=O)oc2c1)CCC3. The molecule has 0 unspecified atom stereocenters. The van der Waals surface area contributed by atoms with Crippen molar-refractivity contribution >= 4 is 22.9 Å². The average molecular weight is 332 g/mol. The van der Waals surface area contributed by atoms with E-state index in [-0.39, 0.29) is 17.1 Å². The molecule has 8 heteroatoms. The number of hydrogen-bond acceptors (Lipinski definition) is 8. The third-order valence-corrected chi connectivity index (χ3v) is 3.71. The van der Waals surface area contributed by atoms with Crippen LogP contribution < -0.4 is 25.3 Å². The minimum Gasteiger partial charge on any atom is -0.546 e. The second-order valence-electron chi connectivity index (χ2n) is 5.32. The van der Waals surface area contributed by atoms with Gasteiger partial charge in [0, 0.05) is 17.7 Å². The zero-order valence-corrected chi connectivity index (χ0v) is 12.5. The van der Waals surface area contributed by atoms with E-state index in [9.17, 15) is 24.6 Å². The van der Waals surface area contributed by atoms with Crippen LogP contribution in [0, 0.1) is 0 Å². The van der Waals surface area contributed by atoms with E-state index in [2.05, 4.69) is 0 Å². The molecule has 0 spiro atoms. The van der Waals surface area contributed by atoms with Crippen LogP contribution in [0.3, 0.4) is 0 Å². The standard InChI is InChI=1S/C16H14O8/c17-13(18)6-22-8-4-11(23-7-14(19)20)15-9-2-1-3-10(9)16(21)24-12(15)5-8/h4-5H,1-3,6-7H2,(H,17,18)(H,19,20)/p-2. The number of carboxylic acids is 2. The van der Waals surface area contributed by atoms with E-state index in [1.165, 1.54) is 12.1 Å². The summed E-state index contributed by atoms with van der Waals surface area (Å²) in [7, 11) is 0. The van der Waals surface area contributed by atoms with Gasteiger partial charge in [-0.2, -0.15) is 0 Å². The van der Waals surface area contributed by atoms with E-state index < -0.39 is 30.8 Å². The van der Waals surface area contributed by atoms with E-state index in [1.54, 1.807) is 0 Å². The lowest BCUT2D eigenvalue weighted by molar-refractivity contribution is -0.308. The van der Waals surface area contributed by atoms with E-state index in [1.807, 2.05) is 0 Å². The molecule has 0 N–H and O–H groups in total. The quantitative estimate of drug-likeness (QED) is 0.587. The first-order chi connectivity index (χ1) is 11.5. The van der Waals surface area contributed by atoms with E-state index in [4.69, 9.17) is 13.9 Å². The number of ether oxygens (including phenoxy) is 2. The number of aryl methyl sites for hydroxylation is 1. The molecule has 0 saturated carbocycles. The van der Waals surface area contributed by atoms with Gasteiger partial charge in [0.15, 0.2) is 0 Å². The number of carbonyl (C=O) groups excluding carboxylic acids is 2. The van der Waals surface area contributed by atoms with Gasteiger partial charge in [0.05, 0.1) is 17.3 Å². The van der Waals surface area contributed by atoms with Gasteiger partial charge in [-0.3, -0.25) is 0 Å². The van der Waals surface area contributed by atoms with Gasteiger partial charge >= 0.3 is 5.63 Å². The van der Waals surface area contributed by atoms with Gasteiger partial charge in [-0.25, -0.2) is 4.79 Å². The minimum absolute atomic E-state index is 0.0566. The van der Waals surface area contributed by atoms with Gasteiger partial charge in [-0.1, -0.05) is 0 Å². The van der Waals surface area contributed by atoms with Gasteiger partial charge in [0.2, 0.25) is 0 Å². The van der Waals surface area contributed by atoms with Crippen molar-refractivity contribution in [2.75, 3.05) is 13.2 Å². The molecule has 0 fully saturated rings. The maximum absolute atomic E-state index is 12.0. The van der Waals surface area contributed by atoms with Gasteiger partial charge in [0.1, 0.15) is 30.3 Å². The Labute approximate surface area is 135 Å². The Hall–Kier alpha value is -3.03. The Morgan fingerprint density at radius 3 is 2.42 bits per heavy atom. The average Bonchev–Trinajstić information content (AvgIpc) is 3.00. The lowest BCUT2D eigenvalue weighted by Crippen LogP contribution is -2.29.